The number of nitrogens with zero attached hydrogens (tertiary/aromatic N) is 3. The lowest BCUT2D eigenvalue weighted by molar-refractivity contribution is 0.187. The summed E-state index contributed by atoms with van der Waals surface area (Å²) in [5.41, 5.74) is 1.09. The lowest BCUT2D eigenvalue weighted by Crippen LogP contribution is -2.35. The molecule has 0 bridgehead atoms. The van der Waals surface area contributed by atoms with Crippen LogP contribution in [0.25, 0.3) is 5.69 Å². The molecule has 2 aromatic rings. The minimum absolute atomic E-state index is 0.252. The second-order valence-corrected chi connectivity index (χ2v) is 4.70. The molecule has 1 aromatic carbocycles. The zero-order chi connectivity index (χ0) is 13.1. The summed E-state index contributed by atoms with van der Waals surface area (Å²) < 4.78 is 7.64. The number of rotatable bonds is 4. The van der Waals surface area contributed by atoms with E-state index in [4.69, 9.17) is 4.74 Å². The summed E-state index contributed by atoms with van der Waals surface area (Å²) in [6, 6.07) is 10.5. The fraction of sp³-hybridized carbons (Fsp3) is 0.429. The SMILES string of the molecule is CCNC1COCC1c1nncn1-c1ccccc1. The Balaban J connectivity index is 1.92. The van der Waals surface area contributed by atoms with Crippen molar-refractivity contribution in [2.75, 3.05) is 19.8 Å². The molecule has 100 valence electrons. The van der Waals surface area contributed by atoms with E-state index in [1.54, 1.807) is 6.33 Å². The number of benzene rings is 1. The molecule has 1 N–H and O–H groups in total. The molecular weight excluding hydrogens is 240 g/mol. The van der Waals surface area contributed by atoms with Crippen molar-refractivity contribution < 1.29 is 4.74 Å². The van der Waals surface area contributed by atoms with E-state index >= 15 is 0 Å². The molecule has 0 spiro atoms. The van der Waals surface area contributed by atoms with Crippen LogP contribution in [0.15, 0.2) is 36.7 Å². The second-order valence-electron chi connectivity index (χ2n) is 4.70. The van der Waals surface area contributed by atoms with Gasteiger partial charge in [-0.25, -0.2) is 0 Å². The molecule has 1 fully saturated rings. The van der Waals surface area contributed by atoms with Crippen molar-refractivity contribution in [3.8, 4) is 5.69 Å². The van der Waals surface area contributed by atoms with Crippen molar-refractivity contribution in [1.82, 2.24) is 20.1 Å². The highest BCUT2D eigenvalue weighted by Gasteiger charge is 2.32. The van der Waals surface area contributed by atoms with E-state index in [2.05, 4.69) is 34.6 Å². The standard InChI is InChI=1S/C14H18N4O/c1-2-15-13-9-19-8-12(13)14-17-16-10-18(14)11-6-4-3-5-7-11/h3-7,10,12-13,15H,2,8-9H2,1H3. The van der Waals surface area contributed by atoms with Gasteiger partial charge in [0.1, 0.15) is 12.2 Å². The van der Waals surface area contributed by atoms with E-state index in [1.807, 2.05) is 22.8 Å². The van der Waals surface area contributed by atoms with Crippen molar-refractivity contribution in [3.63, 3.8) is 0 Å². The smallest absolute Gasteiger partial charge is 0.144 e. The van der Waals surface area contributed by atoms with Crippen LogP contribution in [0.2, 0.25) is 0 Å². The molecule has 1 aromatic heterocycles. The molecule has 2 heterocycles. The molecule has 5 nitrogen and oxygen atoms in total. The molecule has 19 heavy (non-hydrogen) atoms. The zero-order valence-electron chi connectivity index (χ0n) is 11.0. The number of likely N-dealkylation sites (N-methyl/N-ethyl adjacent to an activating group) is 1. The van der Waals surface area contributed by atoms with Gasteiger partial charge in [-0.2, -0.15) is 0 Å². The van der Waals surface area contributed by atoms with E-state index in [0.717, 1.165) is 24.7 Å². The van der Waals surface area contributed by atoms with Gasteiger partial charge < -0.3 is 10.1 Å². The van der Waals surface area contributed by atoms with Crippen molar-refractivity contribution in [1.29, 1.82) is 0 Å². The van der Waals surface area contributed by atoms with Crippen molar-refractivity contribution in [3.05, 3.63) is 42.5 Å². The Hall–Kier alpha value is -1.72. The monoisotopic (exact) mass is 258 g/mol. The lowest BCUT2D eigenvalue weighted by Gasteiger charge is -2.18. The Labute approximate surface area is 112 Å². The Morgan fingerprint density at radius 1 is 1.32 bits per heavy atom. The lowest BCUT2D eigenvalue weighted by atomic mass is 10.0. The summed E-state index contributed by atoms with van der Waals surface area (Å²) in [5.74, 6) is 1.22. The molecular formula is C14H18N4O. The molecule has 2 atom stereocenters. The Kier molecular flexibility index (Phi) is 3.57. The Morgan fingerprint density at radius 3 is 2.95 bits per heavy atom. The molecule has 1 aliphatic heterocycles. The van der Waals surface area contributed by atoms with Crippen LogP contribution in [0.3, 0.4) is 0 Å². The minimum Gasteiger partial charge on any atom is -0.379 e. The molecule has 5 heteroatoms. The maximum absolute atomic E-state index is 5.59. The molecule has 0 amide bonds. The normalized spacial score (nSPS) is 22.8. The van der Waals surface area contributed by atoms with Gasteiger partial charge in [-0.3, -0.25) is 4.57 Å². The maximum atomic E-state index is 5.59. The molecule has 0 aliphatic carbocycles. The van der Waals surface area contributed by atoms with Crippen LogP contribution in [0.1, 0.15) is 18.7 Å². The summed E-state index contributed by atoms with van der Waals surface area (Å²) in [7, 11) is 0. The maximum Gasteiger partial charge on any atom is 0.144 e. The van der Waals surface area contributed by atoms with E-state index in [-0.39, 0.29) is 5.92 Å². The fourth-order valence-corrected chi connectivity index (χ4v) is 2.56. The van der Waals surface area contributed by atoms with Crippen LogP contribution in [-0.4, -0.2) is 40.6 Å². The summed E-state index contributed by atoms with van der Waals surface area (Å²) in [4.78, 5) is 0. The van der Waals surface area contributed by atoms with Gasteiger partial charge in [-0.15, -0.1) is 10.2 Å². The summed E-state index contributed by atoms with van der Waals surface area (Å²) in [6.07, 6.45) is 1.77. The van der Waals surface area contributed by atoms with Gasteiger partial charge in [0.05, 0.1) is 19.1 Å². The molecule has 3 rings (SSSR count). The second kappa shape index (κ2) is 5.50. The highest BCUT2D eigenvalue weighted by molar-refractivity contribution is 5.33. The first-order chi connectivity index (χ1) is 9.40. The zero-order valence-corrected chi connectivity index (χ0v) is 11.0. The van der Waals surface area contributed by atoms with E-state index < -0.39 is 0 Å². The van der Waals surface area contributed by atoms with Gasteiger partial charge in [0.15, 0.2) is 0 Å². The van der Waals surface area contributed by atoms with Crippen molar-refractivity contribution in [2.24, 2.45) is 0 Å². The first kappa shape index (κ1) is 12.3. The largest absolute Gasteiger partial charge is 0.379 e. The summed E-state index contributed by atoms with van der Waals surface area (Å²) in [6.45, 7) is 4.48. The van der Waals surface area contributed by atoms with Crippen LogP contribution in [-0.2, 0) is 4.74 Å². The Bertz CT molecular complexity index is 525. The third kappa shape index (κ3) is 2.39. The molecule has 1 saturated heterocycles. The number of aromatic nitrogens is 3. The van der Waals surface area contributed by atoms with Gasteiger partial charge in [0.25, 0.3) is 0 Å². The highest BCUT2D eigenvalue weighted by atomic mass is 16.5. The first-order valence-corrected chi connectivity index (χ1v) is 6.66. The van der Waals surface area contributed by atoms with Crippen LogP contribution < -0.4 is 5.32 Å². The average Bonchev–Trinajstić information content (AvgIpc) is 3.08. The van der Waals surface area contributed by atoms with Gasteiger partial charge in [-0.1, -0.05) is 25.1 Å². The third-order valence-corrected chi connectivity index (χ3v) is 3.49. The van der Waals surface area contributed by atoms with Crippen molar-refractivity contribution >= 4 is 0 Å². The highest BCUT2D eigenvalue weighted by Crippen LogP contribution is 2.25. The molecule has 0 saturated carbocycles. The molecule has 2 unspecified atom stereocenters. The summed E-state index contributed by atoms with van der Waals surface area (Å²) in [5, 5.41) is 11.8. The van der Waals surface area contributed by atoms with E-state index in [0.29, 0.717) is 12.6 Å². The van der Waals surface area contributed by atoms with Gasteiger partial charge in [-0.05, 0) is 18.7 Å². The number of nitrogens with one attached hydrogen (secondary N) is 1. The number of para-hydroxylation sites is 1. The summed E-state index contributed by atoms with van der Waals surface area (Å²) >= 11 is 0. The predicted octanol–water partition coefficient (Wildman–Crippen LogP) is 1.36. The first-order valence-electron chi connectivity index (χ1n) is 6.66. The third-order valence-electron chi connectivity index (χ3n) is 3.49. The number of ether oxygens (including phenoxy) is 1. The minimum atomic E-state index is 0.252. The van der Waals surface area contributed by atoms with Crippen LogP contribution in [0.4, 0.5) is 0 Å². The van der Waals surface area contributed by atoms with Crippen LogP contribution in [0, 0.1) is 0 Å². The number of hydrogen-bond donors (Lipinski definition) is 1. The van der Waals surface area contributed by atoms with E-state index in [1.165, 1.54) is 0 Å². The van der Waals surface area contributed by atoms with Crippen LogP contribution >= 0.6 is 0 Å². The predicted molar refractivity (Wildman–Crippen MR) is 72.4 cm³/mol. The average molecular weight is 258 g/mol. The molecule has 0 radical (unpaired) electrons. The van der Waals surface area contributed by atoms with Gasteiger partial charge >= 0.3 is 0 Å². The topological polar surface area (TPSA) is 52.0 Å². The van der Waals surface area contributed by atoms with Gasteiger partial charge in [0, 0.05) is 11.7 Å². The fourth-order valence-electron chi connectivity index (χ4n) is 2.56. The van der Waals surface area contributed by atoms with Gasteiger partial charge in [0.2, 0.25) is 0 Å². The number of hydrogen-bond acceptors (Lipinski definition) is 4. The Morgan fingerprint density at radius 2 is 2.16 bits per heavy atom. The van der Waals surface area contributed by atoms with Crippen LogP contribution in [0.5, 0.6) is 0 Å². The molecule has 1 aliphatic rings. The quantitative estimate of drug-likeness (QED) is 0.899. The van der Waals surface area contributed by atoms with Crippen molar-refractivity contribution in [2.45, 2.75) is 18.9 Å². The van der Waals surface area contributed by atoms with E-state index in [9.17, 15) is 0 Å².